The van der Waals surface area contributed by atoms with Gasteiger partial charge in [-0.2, -0.15) is 0 Å². The van der Waals surface area contributed by atoms with Crippen LogP contribution in [0.1, 0.15) is 32.1 Å². The van der Waals surface area contributed by atoms with E-state index in [4.69, 9.17) is 5.73 Å². The van der Waals surface area contributed by atoms with Crippen molar-refractivity contribution in [3.63, 3.8) is 0 Å². The van der Waals surface area contributed by atoms with Crippen molar-refractivity contribution >= 4 is 36.5 Å². The fraction of sp³-hybridized carbons (Fsp3) is 0.462. The molecule has 1 aromatic carbocycles. The summed E-state index contributed by atoms with van der Waals surface area (Å²) in [5.74, 6) is 0. The maximum Gasteiger partial charge on any atom is 0.181 e. The highest BCUT2D eigenvalue weighted by Gasteiger charge is 2.29. The molecule has 2 N–H and O–H groups in total. The van der Waals surface area contributed by atoms with Gasteiger partial charge in [-0.3, -0.25) is 0 Å². The molecular weight excluding hydrogens is 280 g/mol. The Labute approximate surface area is 116 Å². The molecule has 1 heterocycles. The highest BCUT2D eigenvalue weighted by Crippen LogP contribution is 2.31. The van der Waals surface area contributed by atoms with Crippen LogP contribution in [0.4, 0.5) is 5.13 Å². The van der Waals surface area contributed by atoms with E-state index in [1.165, 1.54) is 11.3 Å². The lowest BCUT2D eigenvalue weighted by Gasteiger charge is -2.21. The van der Waals surface area contributed by atoms with E-state index in [2.05, 4.69) is 4.98 Å². The zero-order valence-corrected chi connectivity index (χ0v) is 12.1. The van der Waals surface area contributed by atoms with Crippen molar-refractivity contribution < 1.29 is 8.42 Å². The Bertz CT molecular complexity index is 701. The number of fused-ring (bicyclic) bond motifs is 1. The maximum absolute atomic E-state index is 12.6. The topological polar surface area (TPSA) is 73.0 Å². The molecule has 0 atom stereocenters. The molecule has 102 valence electrons. The Morgan fingerprint density at radius 3 is 2.68 bits per heavy atom. The first-order valence-corrected chi connectivity index (χ1v) is 8.83. The average molecular weight is 296 g/mol. The third kappa shape index (κ3) is 2.34. The van der Waals surface area contributed by atoms with Crippen molar-refractivity contribution in [2.24, 2.45) is 0 Å². The van der Waals surface area contributed by atoms with Crippen LogP contribution in [-0.2, 0) is 9.84 Å². The molecule has 0 amide bonds. The lowest BCUT2D eigenvalue weighted by molar-refractivity contribution is 0.484. The van der Waals surface area contributed by atoms with Gasteiger partial charge in [0.25, 0.3) is 0 Å². The second-order valence-corrected chi connectivity index (χ2v) is 8.28. The molecule has 0 aliphatic heterocycles. The summed E-state index contributed by atoms with van der Waals surface area (Å²) >= 11 is 1.33. The lowest BCUT2D eigenvalue weighted by Crippen LogP contribution is -2.24. The van der Waals surface area contributed by atoms with Crippen molar-refractivity contribution in [1.82, 2.24) is 4.98 Å². The van der Waals surface area contributed by atoms with Gasteiger partial charge < -0.3 is 5.73 Å². The third-order valence-electron chi connectivity index (χ3n) is 3.70. The van der Waals surface area contributed by atoms with E-state index in [0.717, 1.165) is 42.3 Å². The van der Waals surface area contributed by atoms with Crippen LogP contribution in [0, 0.1) is 0 Å². The Hall–Kier alpha value is -1.14. The fourth-order valence-electron chi connectivity index (χ4n) is 2.67. The van der Waals surface area contributed by atoms with Crippen LogP contribution in [0.5, 0.6) is 0 Å². The smallest absolute Gasteiger partial charge is 0.181 e. The number of thiazole rings is 1. The zero-order valence-electron chi connectivity index (χ0n) is 10.5. The molecule has 1 aromatic heterocycles. The second kappa shape index (κ2) is 4.76. The van der Waals surface area contributed by atoms with Crippen molar-refractivity contribution in [1.29, 1.82) is 0 Å². The Morgan fingerprint density at radius 2 is 1.95 bits per heavy atom. The minimum Gasteiger partial charge on any atom is -0.375 e. The summed E-state index contributed by atoms with van der Waals surface area (Å²) < 4.78 is 26.0. The minimum atomic E-state index is -3.21. The number of hydrogen-bond acceptors (Lipinski definition) is 5. The van der Waals surface area contributed by atoms with Crippen LogP contribution < -0.4 is 5.73 Å². The highest BCUT2D eigenvalue weighted by atomic mass is 32.2. The molecule has 0 bridgehead atoms. The molecule has 1 aliphatic rings. The number of aromatic nitrogens is 1. The van der Waals surface area contributed by atoms with Crippen LogP contribution in [0.15, 0.2) is 23.1 Å². The molecule has 0 radical (unpaired) electrons. The van der Waals surface area contributed by atoms with Gasteiger partial charge in [-0.05, 0) is 31.0 Å². The maximum atomic E-state index is 12.6. The summed E-state index contributed by atoms with van der Waals surface area (Å²) in [6.45, 7) is 0. The van der Waals surface area contributed by atoms with Crippen LogP contribution in [0.2, 0.25) is 0 Å². The van der Waals surface area contributed by atoms with Crippen LogP contribution in [-0.4, -0.2) is 18.7 Å². The molecule has 1 saturated carbocycles. The fourth-order valence-corrected chi connectivity index (χ4v) is 5.39. The molecule has 6 heteroatoms. The van der Waals surface area contributed by atoms with Crippen LogP contribution in [0.3, 0.4) is 0 Å². The number of hydrogen-bond donors (Lipinski definition) is 1. The van der Waals surface area contributed by atoms with Gasteiger partial charge in [0.15, 0.2) is 15.0 Å². The van der Waals surface area contributed by atoms with Gasteiger partial charge in [0.1, 0.15) is 0 Å². The number of benzene rings is 1. The molecule has 0 saturated heterocycles. The summed E-state index contributed by atoms with van der Waals surface area (Å²) in [6.07, 6.45) is 4.74. The van der Waals surface area contributed by atoms with Crippen molar-refractivity contribution in [3.05, 3.63) is 18.2 Å². The normalized spacial score (nSPS) is 17.9. The number of anilines is 1. The largest absolute Gasteiger partial charge is 0.375 e. The van der Waals surface area contributed by atoms with Gasteiger partial charge in [-0.1, -0.05) is 30.6 Å². The molecule has 0 spiro atoms. The monoisotopic (exact) mass is 296 g/mol. The van der Waals surface area contributed by atoms with E-state index in [9.17, 15) is 8.42 Å². The van der Waals surface area contributed by atoms with Crippen LogP contribution >= 0.6 is 11.3 Å². The predicted octanol–water partition coefficient (Wildman–Crippen LogP) is 2.98. The number of nitrogens with zero attached hydrogens (tertiary/aromatic N) is 1. The quantitative estimate of drug-likeness (QED) is 0.924. The molecule has 2 aromatic rings. The third-order valence-corrected chi connectivity index (χ3v) is 6.80. The number of sulfone groups is 1. The van der Waals surface area contributed by atoms with Crippen molar-refractivity contribution in [2.75, 3.05) is 5.73 Å². The molecule has 1 aliphatic carbocycles. The number of rotatable bonds is 2. The summed E-state index contributed by atoms with van der Waals surface area (Å²) in [7, 11) is -3.21. The number of nitrogen functional groups attached to an aromatic ring is 1. The van der Waals surface area contributed by atoms with Crippen molar-refractivity contribution in [2.45, 2.75) is 42.2 Å². The molecule has 19 heavy (non-hydrogen) atoms. The Balaban J connectivity index is 2.02. The summed E-state index contributed by atoms with van der Waals surface area (Å²) in [5, 5.41) is 0.256. The van der Waals surface area contributed by atoms with Gasteiger partial charge in [0.2, 0.25) is 0 Å². The first-order chi connectivity index (χ1) is 9.07. The van der Waals surface area contributed by atoms with Gasteiger partial charge in [0, 0.05) is 0 Å². The summed E-state index contributed by atoms with van der Waals surface area (Å²) in [4.78, 5) is 4.56. The first-order valence-electron chi connectivity index (χ1n) is 6.47. The first kappa shape index (κ1) is 12.9. The van der Waals surface area contributed by atoms with Crippen LogP contribution in [0.25, 0.3) is 10.2 Å². The molecule has 1 fully saturated rings. The lowest BCUT2D eigenvalue weighted by atomic mass is 10.0. The molecule has 0 unspecified atom stereocenters. The van der Waals surface area contributed by atoms with E-state index >= 15 is 0 Å². The zero-order chi connectivity index (χ0) is 13.5. The summed E-state index contributed by atoms with van der Waals surface area (Å²) in [5.41, 5.74) is 6.42. The van der Waals surface area contributed by atoms with Crippen molar-refractivity contribution in [3.8, 4) is 0 Å². The van der Waals surface area contributed by atoms with E-state index in [-0.39, 0.29) is 5.25 Å². The summed E-state index contributed by atoms with van der Waals surface area (Å²) in [6, 6.07) is 5.12. The number of nitrogens with two attached hydrogens (primary N) is 1. The molecule has 3 rings (SSSR count). The van der Waals surface area contributed by atoms with E-state index in [0.29, 0.717) is 10.0 Å². The highest BCUT2D eigenvalue weighted by molar-refractivity contribution is 7.92. The molecular formula is C13H16N2O2S2. The van der Waals surface area contributed by atoms with Gasteiger partial charge in [-0.25, -0.2) is 13.4 Å². The minimum absolute atomic E-state index is 0.219. The van der Waals surface area contributed by atoms with Gasteiger partial charge >= 0.3 is 0 Å². The van der Waals surface area contributed by atoms with E-state index in [1.807, 2.05) is 0 Å². The van der Waals surface area contributed by atoms with Gasteiger partial charge in [-0.15, -0.1) is 0 Å². The molecule has 4 nitrogen and oxygen atoms in total. The predicted molar refractivity (Wildman–Crippen MR) is 78.1 cm³/mol. The second-order valence-electron chi connectivity index (χ2n) is 4.99. The Morgan fingerprint density at radius 1 is 1.21 bits per heavy atom. The van der Waals surface area contributed by atoms with Gasteiger partial charge in [0.05, 0.1) is 20.4 Å². The van der Waals surface area contributed by atoms with E-state index < -0.39 is 9.84 Å². The SMILES string of the molecule is Nc1nc2ccc(S(=O)(=O)C3CCCCC3)cc2s1. The standard InChI is InChI=1S/C13H16N2O2S2/c14-13-15-11-7-6-10(8-12(11)18-13)19(16,17)9-4-2-1-3-5-9/h6-9H,1-5H2,(H2,14,15). The average Bonchev–Trinajstić information content (AvgIpc) is 2.78. The van der Waals surface area contributed by atoms with E-state index in [1.54, 1.807) is 18.2 Å². The Kier molecular flexibility index (Phi) is 3.22.